The minimum absolute atomic E-state index is 0.342. The van der Waals surface area contributed by atoms with E-state index < -0.39 is 17.7 Å². The van der Waals surface area contributed by atoms with Gasteiger partial charge in [-0.1, -0.05) is 18.2 Å². The quantitative estimate of drug-likeness (QED) is 0.737. The molecule has 0 saturated carbocycles. The summed E-state index contributed by atoms with van der Waals surface area (Å²) in [6.07, 6.45) is -0.698. The SMILES string of the molecule is CC(C)(C)N1Sc2ccccc2C12OC(=O)NC2=O. The molecule has 0 aliphatic carbocycles. The summed E-state index contributed by atoms with van der Waals surface area (Å²) in [7, 11) is 0. The van der Waals surface area contributed by atoms with E-state index in [0.717, 1.165) is 10.5 Å². The van der Waals surface area contributed by atoms with Crippen molar-refractivity contribution in [3.05, 3.63) is 29.8 Å². The second-order valence-corrected chi connectivity index (χ2v) is 6.53. The Morgan fingerprint density at radius 1 is 1.26 bits per heavy atom. The van der Waals surface area contributed by atoms with Crippen LogP contribution in [0.3, 0.4) is 0 Å². The van der Waals surface area contributed by atoms with Crippen LogP contribution in [0.4, 0.5) is 4.79 Å². The Bertz CT molecular complexity index is 581. The topological polar surface area (TPSA) is 58.6 Å². The number of fused-ring (bicyclic) bond motifs is 2. The predicted molar refractivity (Wildman–Crippen MR) is 70.2 cm³/mol. The zero-order valence-corrected chi connectivity index (χ0v) is 11.7. The molecule has 19 heavy (non-hydrogen) atoms. The molecule has 1 fully saturated rings. The van der Waals surface area contributed by atoms with Crippen LogP contribution in [0.2, 0.25) is 0 Å². The Balaban J connectivity index is 2.22. The normalized spacial score (nSPS) is 26.5. The number of nitrogens with zero attached hydrogens (tertiary/aromatic N) is 1. The van der Waals surface area contributed by atoms with Gasteiger partial charge in [-0.15, -0.1) is 0 Å². The zero-order chi connectivity index (χ0) is 13.8. The lowest BCUT2D eigenvalue weighted by Crippen LogP contribution is -2.53. The van der Waals surface area contributed by atoms with E-state index in [1.807, 2.05) is 49.3 Å². The molecule has 1 atom stereocenters. The Kier molecular flexibility index (Phi) is 2.46. The summed E-state index contributed by atoms with van der Waals surface area (Å²) < 4.78 is 7.23. The molecule has 3 rings (SSSR count). The number of ether oxygens (including phenoxy) is 1. The predicted octanol–water partition coefficient (Wildman–Crippen LogP) is 2.23. The van der Waals surface area contributed by atoms with Gasteiger partial charge in [0.15, 0.2) is 0 Å². The Labute approximate surface area is 115 Å². The number of imide groups is 1. The van der Waals surface area contributed by atoms with Crippen molar-refractivity contribution in [1.82, 2.24) is 9.62 Å². The molecule has 1 unspecified atom stereocenters. The molecule has 100 valence electrons. The highest BCUT2D eigenvalue weighted by Gasteiger charge is 2.62. The van der Waals surface area contributed by atoms with Crippen molar-refractivity contribution < 1.29 is 14.3 Å². The second kappa shape index (κ2) is 3.74. The van der Waals surface area contributed by atoms with Crippen LogP contribution in [0, 0.1) is 0 Å². The van der Waals surface area contributed by atoms with E-state index in [1.54, 1.807) is 0 Å². The van der Waals surface area contributed by atoms with Crippen LogP contribution >= 0.6 is 11.9 Å². The number of hydrogen-bond acceptors (Lipinski definition) is 5. The number of hydrogen-bond donors (Lipinski definition) is 1. The zero-order valence-electron chi connectivity index (χ0n) is 10.9. The lowest BCUT2D eigenvalue weighted by atomic mass is 9.97. The summed E-state index contributed by atoms with van der Waals surface area (Å²) in [6, 6.07) is 7.49. The number of amides is 2. The van der Waals surface area contributed by atoms with E-state index in [9.17, 15) is 9.59 Å². The molecule has 1 spiro atoms. The van der Waals surface area contributed by atoms with Gasteiger partial charge in [0.25, 0.3) is 11.6 Å². The standard InChI is InChI=1S/C13H14N2O3S/c1-12(2,3)15-13(10(16)14-11(17)18-13)8-6-4-5-7-9(8)19-15/h4-7H,1-3H3,(H,14,16,17). The molecular formula is C13H14N2O3S. The summed E-state index contributed by atoms with van der Waals surface area (Å²) in [5.74, 6) is -0.426. The average molecular weight is 278 g/mol. The minimum Gasteiger partial charge on any atom is -0.412 e. The van der Waals surface area contributed by atoms with Crippen LogP contribution < -0.4 is 5.32 Å². The summed E-state index contributed by atoms with van der Waals surface area (Å²) in [6.45, 7) is 5.94. The first-order chi connectivity index (χ1) is 8.85. The van der Waals surface area contributed by atoms with Crippen molar-refractivity contribution >= 4 is 23.9 Å². The van der Waals surface area contributed by atoms with Gasteiger partial charge in [0, 0.05) is 16.0 Å². The van der Waals surface area contributed by atoms with Crippen LogP contribution in [-0.4, -0.2) is 21.8 Å². The van der Waals surface area contributed by atoms with E-state index in [4.69, 9.17) is 4.74 Å². The first-order valence-corrected chi connectivity index (χ1v) is 6.75. The van der Waals surface area contributed by atoms with Crippen LogP contribution in [-0.2, 0) is 15.3 Å². The third kappa shape index (κ3) is 1.60. The van der Waals surface area contributed by atoms with Crippen molar-refractivity contribution in [1.29, 1.82) is 0 Å². The van der Waals surface area contributed by atoms with Gasteiger partial charge in [-0.25, -0.2) is 4.79 Å². The van der Waals surface area contributed by atoms with Gasteiger partial charge in [-0.2, -0.15) is 4.31 Å². The van der Waals surface area contributed by atoms with Crippen LogP contribution in [0.15, 0.2) is 29.2 Å². The first kappa shape index (κ1) is 12.5. The molecule has 0 aromatic heterocycles. The van der Waals surface area contributed by atoms with E-state index in [1.165, 1.54) is 11.9 Å². The van der Waals surface area contributed by atoms with Gasteiger partial charge in [-0.3, -0.25) is 10.1 Å². The fraction of sp³-hybridized carbons (Fsp3) is 0.385. The Morgan fingerprint density at radius 3 is 2.53 bits per heavy atom. The van der Waals surface area contributed by atoms with Gasteiger partial charge in [0.1, 0.15) is 0 Å². The van der Waals surface area contributed by atoms with Crippen molar-refractivity contribution in [2.24, 2.45) is 0 Å². The molecule has 0 bridgehead atoms. The van der Waals surface area contributed by atoms with E-state index in [0.29, 0.717) is 0 Å². The second-order valence-electron chi connectivity index (χ2n) is 5.54. The van der Waals surface area contributed by atoms with E-state index in [-0.39, 0.29) is 5.54 Å². The first-order valence-electron chi connectivity index (χ1n) is 5.98. The van der Waals surface area contributed by atoms with Crippen LogP contribution in [0.1, 0.15) is 26.3 Å². The summed E-state index contributed by atoms with van der Waals surface area (Å²) in [5.41, 5.74) is -0.972. The number of carbonyl (C=O) groups is 2. The molecule has 0 radical (unpaired) electrons. The van der Waals surface area contributed by atoms with E-state index in [2.05, 4.69) is 5.32 Å². The number of rotatable bonds is 0. The fourth-order valence-corrected chi connectivity index (χ4v) is 3.66. The molecule has 1 saturated heterocycles. The van der Waals surface area contributed by atoms with Crippen molar-refractivity contribution in [2.75, 3.05) is 0 Å². The minimum atomic E-state index is -1.35. The molecule has 6 heteroatoms. The summed E-state index contributed by atoms with van der Waals surface area (Å²) >= 11 is 1.44. The van der Waals surface area contributed by atoms with Gasteiger partial charge in [0.05, 0.1) is 0 Å². The van der Waals surface area contributed by atoms with Crippen molar-refractivity contribution in [3.8, 4) is 0 Å². The summed E-state index contributed by atoms with van der Waals surface area (Å²) in [5, 5.41) is 2.24. The van der Waals surface area contributed by atoms with E-state index >= 15 is 0 Å². The number of nitrogens with one attached hydrogen (secondary N) is 1. The van der Waals surface area contributed by atoms with Gasteiger partial charge in [-0.05, 0) is 38.8 Å². The highest BCUT2D eigenvalue weighted by Crippen LogP contribution is 2.53. The highest BCUT2D eigenvalue weighted by atomic mass is 32.2. The molecule has 5 nitrogen and oxygen atoms in total. The number of alkyl carbamates (subject to hydrolysis) is 1. The lowest BCUT2D eigenvalue weighted by molar-refractivity contribution is -0.147. The molecule has 2 aliphatic heterocycles. The maximum atomic E-state index is 12.3. The molecule has 1 aromatic carbocycles. The van der Waals surface area contributed by atoms with Crippen molar-refractivity contribution in [3.63, 3.8) is 0 Å². The van der Waals surface area contributed by atoms with Gasteiger partial charge >= 0.3 is 6.09 Å². The average Bonchev–Trinajstić information content (AvgIpc) is 2.79. The molecule has 2 amide bonds. The molecule has 2 heterocycles. The molecule has 1 aromatic rings. The molecule has 1 N–H and O–H groups in total. The van der Waals surface area contributed by atoms with Crippen molar-refractivity contribution in [2.45, 2.75) is 36.9 Å². The third-order valence-electron chi connectivity index (χ3n) is 3.10. The number of carbonyl (C=O) groups excluding carboxylic acids is 2. The monoisotopic (exact) mass is 278 g/mol. The summed E-state index contributed by atoms with van der Waals surface area (Å²) in [4.78, 5) is 24.8. The third-order valence-corrected chi connectivity index (χ3v) is 4.64. The van der Waals surface area contributed by atoms with Crippen LogP contribution in [0.25, 0.3) is 0 Å². The number of benzene rings is 1. The largest absolute Gasteiger partial charge is 0.416 e. The maximum absolute atomic E-state index is 12.3. The molecule has 2 aliphatic rings. The molecular weight excluding hydrogens is 264 g/mol. The highest BCUT2D eigenvalue weighted by molar-refractivity contribution is 7.97. The maximum Gasteiger partial charge on any atom is 0.416 e. The lowest BCUT2D eigenvalue weighted by Gasteiger charge is -2.38. The van der Waals surface area contributed by atoms with Gasteiger partial charge < -0.3 is 4.74 Å². The van der Waals surface area contributed by atoms with Crippen LogP contribution in [0.5, 0.6) is 0 Å². The fourth-order valence-electron chi connectivity index (χ4n) is 2.40. The Hall–Kier alpha value is -1.53. The smallest absolute Gasteiger partial charge is 0.412 e. The van der Waals surface area contributed by atoms with Gasteiger partial charge in [0.2, 0.25) is 0 Å². The Morgan fingerprint density at radius 2 is 1.95 bits per heavy atom.